The van der Waals surface area contributed by atoms with Crippen LogP contribution in [0, 0.1) is 0 Å². The molecule has 0 aliphatic carbocycles. The summed E-state index contributed by atoms with van der Waals surface area (Å²) in [5.74, 6) is 1.50. The van der Waals surface area contributed by atoms with Gasteiger partial charge in [-0.05, 0) is 42.8 Å². The second kappa shape index (κ2) is 8.62. The molecule has 0 aromatic heterocycles. The molecule has 25 heavy (non-hydrogen) atoms. The Morgan fingerprint density at radius 2 is 1.64 bits per heavy atom. The standard InChI is InChI=1S/C18H24N2O4S/c1-4-5-12-25(21,22)20-15-8-6-14(7-9-15)19-17-11-10-16(23-2)13-18(17)24-3/h6-11,13,19-20H,4-5,12H2,1-3H3. The van der Waals surface area contributed by atoms with E-state index in [1.807, 2.05) is 19.1 Å². The Morgan fingerprint density at radius 1 is 0.960 bits per heavy atom. The van der Waals surface area contributed by atoms with E-state index in [-0.39, 0.29) is 5.75 Å². The molecular formula is C18H24N2O4S. The molecule has 0 unspecified atom stereocenters. The van der Waals surface area contributed by atoms with E-state index in [1.165, 1.54) is 0 Å². The molecule has 0 aliphatic heterocycles. The summed E-state index contributed by atoms with van der Waals surface area (Å²) in [5, 5.41) is 3.24. The van der Waals surface area contributed by atoms with E-state index >= 15 is 0 Å². The zero-order valence-corrected chi connectivity index (χ0v) is 15.5. The molecule has 0 atom stereocenters. The summed E-state index contributed by atoms with van der Waals surface area (Å²) < 4.78 is 37.0. The van der Waals surface area contributed by atoms with Crippen LogP contribution < -0.4 is 19.5 Å². The first-order valence-corrected chi connectivity index (χ1v) is 9.72. The molecule has 2 N–H and O–H groups in total. The lowest BCUT2D eigenvalue weighted by Crippen LogP contribution is -2.16. The summed E-state index contributed by atoms with van der Waals surface area (Å²) in [6.07, 6.45) is 1.49. The van der Waals surface area contributed by atoms with Gasteiger partial charge < -0.3 is 14.8 Å². The molecule has 2 aromatic rings. The van der Waals surface area contributed by atoms with Crippen LogP contribution in [0.2, 0.25) is 0 Å². The van der Waals surface area contributed by atoms with Crippen LogP contribution in [0.4, 0.5) is 17.1 Å². The maximum atomic E-state index is 11.9. The third-order valence-corrected chi connectivity index (χ3v) is 4.99. The van der Waals surface area contributed by atoms with Gasteiger partial charge in [-0.3, -0.25) is 4.72 Å². The van der Waals surface area contributed by atoms with Crippen molar-refractivity contribution in [2.45, 2.75) is 19.8 Å². The van der Waals surface area contributed by atoms with Gasteiger partial charge in [0.05, 0.1) is 25.7 Å². The normalized spacial score (nSPS) is 11.0. The molecule has 0 saturated carbocycles. The molecule has 136 valence electrons. The van der Waals surface area contributed by atoms with Crippen LogP contribution in [0.1, 0.15) is 19.8 Å². The first kappa shape index (κ1) is 18.9. The van der Waals surface area contributed by atoms with Crippen LogP contribution in [0.25, 0.3) is 0 Å². The molecule has 7 heteroatoms. The maximum Gasteiger partial charge on any atom is 0.232 e. The van der Waals surface area contributed by atoms with Crippen molar-refractivity contribution in [3.8, 4) is 11.5 Å². The minimum atomic E-state index is -3.29. The number of methoxy groups -OCH3 is 2. The van der Waals surface area contributed by atoms with Crippen LogP contribution in [-0.4, -0.2) is 28.4 Å². The number of nitrogens with one attached hydrogen (secondary N) is 2. The van der Waals surface area contributed by atoms with Crippen molar-refractivity contribution in [2.75, 3.05) is 30.0 Å². The van der Waals surface area contributed by atoms with Crippen molar-refractivity contribution in [3.05, 3.63) is 42.5 Å². The minimum Gasteiger partial charge on any atom is -0.497 e. The lowest BCUT2D eigenvalue weighted by atomic mass is 10.2. The predicted octanol–water partition coefficient (Wildman–Crippen LogP) is 3.99. The first-order valence-electron chi connectivity index (χ1n) is 8.07. The molecule has 2 aromatic carbocycles. The molecule has 0 aliphatic rings. The number of ether oxygens (including phenoxy) is 2. The van der Waals surface area contributed by atoms with E-state index in [0.717, 1.165) is 17.8 Å². The van der Waals surface area contributed by atoms with E-state index in [4.69, 9.17) is 9.47 Å². The number of anilines is 3. The number of sulfonamides is 1. The minimum absolute atomic E-state index is 0.131. The van der Waals surface area contributed by atoms with Crippen molar-refractivity contribution in [3.63, 3.8) is 0 Å². The molecule has 0 fully saturated rings. The fourth-order valence-electron chi connectivity index (χ4n) is 2.24. The summed E-state index contributed by atoms with van der Waals surface area (Å²) in [7, 11) is -0.100. The predicted molar refractivity (Wildman–Crippen MR) is 102 cm³/mol. The second-order valence-corrected chi connectivity index (χ2v) is 7.38. The number of hydrogen-bond acceptors (Lipinski definition) is 5. The molecule has 0 amide bonds. The Hall–Kier alpha value is -2.41. The fourth-order valence-corrected chi connectivity index (χ4v) is 3.51. The molecule has 0 radical (unpaired) electrons. The molecule has 0 heterocycles. The number of unbranched alkanes of at least 4 members (excludes halogenated alkanes) is 1. The van der Waals surface area contributed by atoms with Gasteiger partial charge in [-0.15, -0.1) is 0 Å². The summed E-state index contributed by atoms with van der Waals surface area (Å²) in [6, 6.07) is 12.5. The quantitative estimate of drug-likeness (QED) is 0.703. The number of rotatable bonds is 9. The van der Waals surface area contributed by atoms with Crippen LogP contribution in [0.5, 0.6) is 11.5 Å². The Balaban J connectivity index is 2.08. The fraction of sp³-hybridized carbons (Fsp3) is 0.333. The lowest BCUT2D eigenvalue weighted by molar-refractivity contribution is 0.395. The molecule has 6 nitrogen and oxygen atoms in total. The smallest absolute Gasteiger partial charge is 0.232 e. The van der Waals surface area contributed by atoms with E-state index in [0.29, 0.717) is 23.6 Å². The van der Waals surface area contributed by atoms with Gasteiger partial charge in [-0.25, -0.2) is 8.42 Å². The van der Waals surface area contributed by atoms with Gasteiger partial charge >= 0.3 is 0 Å². The van der Waals surface area contributed by atoms with Crippen molar-refractivity contribution < 1.29 is 17.9 Å². The van der Waals surface area contributed by atoms with E-state index < -0.39 is 10.0 Å². The highest BCUT2D eigenvalue weighted by Gasteiger charge is 2.10. The van der Waals surface area contributed by atoms with Crippen molar-refractivity contribution >= 4 is 27.1 Å². The van der Waals surface area contributed by atoms with E-state index in [2.05, 4.69) is 10.0 Å². The largest absolute Gasteiger partial charge is 0.497 e. The maximum absolute atomic E-state index is 11.9. The van der Waals surface area contributed by atoms with Gasteiger partial charge in [0.15, 0.2) is 0 Å². The summed E-state index contributed by atoms with van der Waals surface area (Å²) in [6.45, 7) is 1.96. The van der Waals surface area contributed by atoms with Gasteiger partial charge in [0, 0.05) is 17.4 Å². The van der Waals surface area contributed by atoms with Gasteiger partial charge in [0.25, 0.3) is 0 Å². The van der Waals surface area contributed by atoms with Gasteiger partial charge in [-0.2, -0.15) is 0 Å². The molecule has 2 rings (SSSR count). The third-order valence-electron chi connectivity index (χ3n) is 3.61. The van der Waals surface area contributed by atoms with Crippen LogP contribution in [0.3, 0.4) is 0 Å². The van der Waals surface area contributed by atoms with E-state index in [1.54, 1.807) is 44.6 Å². The molecular weight excluding hydrogens is 340 g/mol. The second-order valence-electron chi connectivity index (χ2n) is 5.54. The van der Waals surface area contributed by atoms with Crippen LogP contribution in [-0.2, 0) is 10.0 Å². The van der Waals surface area contributed by atoms with Gasteiger partial charge in [0.2, 0.25) is 10.0 Å². The zero-order valence-electron chi connectivity index (χ0n) is 14.7. The van der Waals surface area contributed by atoms with Crippen molar-refractivity contribution in [1.82, 2.24) is 0 Å². The highest BCUT2D eigenvalue weighted by Crippen LogP contribution is 2.31. The first-order chi connectivity index (χ1) is 12.0. The van der Waals surface area contributed by atoms with Crippen molar-refractivity contribution in [2.24, 2.45) is 0 Å². The molecule has 0 spiro atoms. The Kier molecular flexibility index (Phi) is 6.52. The zero-order chi connectivity index (χ0) is 18.3. The number of hydrogen-bond donors (Lipinski definition) is 2. The van der Waals surface area contributed by atoms with Gasteiger partial charge in [-0.1, -0.05) is 13.3 Å². The highest BCUT2D eigenvalue weighted by atomic mass is 32.2. The Bertz CT molecular complexity index is 789. The average Bonchev–Trinajstić information content (AvgIpc) is 2.61. The molecule has 0 saturated heterocycles. The van der Waals surface area contributed by atoms with Crippen LogP contribution in [0.15, 0.2) is 42.5 Å². The van der Waals surface area contributed by atoms with Gasteiger partial charge in [0.1, 0.15) is 11.5 Å². The monoisotopic (exact) mass is 364 g/mol. The summed E-state index contributed by atoms with van der Waals surface area (Å²) in [4.78, 5) is 0. The Morgan fingerprint density at radius 3 is 2.24 bits per heavy atom. The summed E-state index contributed by atoms with van der Waals surface area (Å²) >= 11 is 0. The topological polar surface area (TPSA) is 76.7 Å². The van der Waals surface area contributed by atoms with Crippen LogP contribution >= 0.6 is 0 Å². The molecule has 0 bridgehead atoms. The highest BCUT2D eigenvalue weighted by molar-refractivity contribution is 7.92. The lowest BCUT2D eigenvalue weighted by Gasteiger charge is -2.13. The average molecular weight is 364 g/mol. The van der Waals surface area contributed by atoms with E-state index in [9.17, 15) is 8.42 Å². The third kappa shape index (κ3) is 5.56. The Labute approximate surface area is 149 Å². The van der Waals surface area contributed by atoms with Crippen molar-refractivity contribution in [1.29, 1.82) is 0 Å². The number of benzene rings is 2. The SMILES string of the molecule is CCCCS(=O)(=O)Nc1ccc(Nc2ccc(OC)cc2OC)cc1. The summed E-state index contributed by atoms with van der Waals surface area (Å²) in [5.41, 5.74) is 2.16.